The standard InChI is InChI=1S/C19H14F2N6O/c20-14-4-3-13(7-12(14)10-25-16-2-1-5-24-18(16)23)27-19(28)17-15(21)6-11(8-22)9-26-17/h1-7,9,25H,10H2,(H2,23,24)(H,27,28). The van der Waals surface area contributed by atoms with Gasteiger partial charge in [0, 0.05) is 30.2 Å². The van der Waals surface area contributed by atoms with Crippen LogP contribution in [0.2, 0.25) is 0 Å². The quantitative estimate of drug-likeness (QED) is 0.626. The van der Waals surface area contributed by atoms with Crippen molar-refractivity contribution in [2.75, 3.05) is 16.4 Å². The zero-order chi connectivity index (χ0) is 20.1. The van der Waals surface area contributed by atoms with Crippen LogP contribution in [0.4, 0.5) is 26.0 Å². The molecule has 0 bridgehead atoms. The highest BCUT2D eigenvalue weighted by Crippen LogP contribution is 2.20. The van der Waals surface area contributed by atoms with Crippen LogP contribution in [0.5, 0.6) is 0 Å². The molecule has 0 saturated heterocycles. The lowest BCUT2D eigenvalue weighted by atomic mass is 10.1. The molecule has 4 N–H and O–H groups in total. The molecule has 0 aliphatic rings. The summed E-state index contributed by atoms with van der Waals surface area (Å²) in [7, 11) is 0. The van der Waals surface area contributed by atoms with Crippen LogP contribution in [0, 0.1) is 23.0 Å². The first-order valence-electron chi connectivity index (χ1n) is 8.07. The second-order valence-electron chi connectivity index (χ2n) is 5.72. The number of amides is 1. The Hall–Kier alpha value is -4.06. The summed E-state index contributed by atoms with van der Waals surface area (Å²) >= 11 is 0. The van der Waals surface area contributed by atoms with E-state index in [9.17, 15) is 13.6 Å². The lowest BCUT2D eigenvalue weighted by molar-refractivity contribution is 0.101. The fraction of sp³-hybridized carbons (Fsp3) is 0.0526. The third-order valence-corrected chi connectivity index (χ3v) is 3.80. The van der Waals surface area contributed by atoms with Crippen LogP contribution in [0.3, 0.4) is 0 Å². The molecule has 0 atom stereocenters. The fourth-order valence-electron chi connectivity index (χ4n) is 2.40. The Balaban J connectivity index is 1.75. The minimum atomic E-state index is -0.924. The number of nitrogens with two attached hydrogens (primary N) is 1. The molecule has 1 aromatic carbocycles. The highest BCUT2D eigenvalue weighted by molar-refractivity contribution is 6.03. The summed E-state index contributed by atoms with van der Waals surface area (Å²) in [5.41, 5.74) is 6.32. The van der Waals surface area contributed by atoms with Crippen molar-refractivity contribution in [2.24, 2.45) is 0 Å². The third kappa shape index (κ3) is 4.19. The lowest BCUT2D eigenvalue weighted by Gasteiger charge is -2.11. The second-order valence-corrected chi connectivity index (χ2v) is 5.72. The molecule has 0 unspecified atom stereocenters. The predicted octanol–water partition coefficient (Wildman–Crippen LogP) is 3.07. The minimum Gasteiger partial charge on any atom is -0.382 e. The number of anilines is 3. The van der Waals surface area contributed by atoms with Gasteiger partial charge in [-0.05, 0) is 36.4 Å². The molecule has 3 rings (SSSR count). The van der Waals surface area contributed by atoms with Crippen LogP contribution < -0.4 is 16.4 Å². The number of aromatic nitrogens is 2. The summed E-state index contributed by atoms with van der Waals surface area (Å²) in [4.78, 5) is 19.8. The number of nitrogens with one attached hydrogen (secondary N) is 2. The van der Waals surface area contributed by atoms with Crippen molar-refractivity contribution >= 4 is 23.1 Å². The number of pyridine rings is 2. The van der Waals surface area contributed by atoms with Gasteiger partial charge in [-0.15, -0.1) is 0 Å². The van der Waals surface area contributed by atoms with Gasteiger partial charge in [0.2, 0.25) is 0 Å². The van der Waals surface area contributed by atoms with Crippen LogP contribution in [0.1, 0.15) is 21.6 Å². The Morgan fingerprint density at radius 2 is 2.00 bits per heavy atom. The van der Waals surface area contributed by atoms with Gasteiger partial charge in [-0.3, -0.25) is 4.79 Å². The molecule has 0 spiro atoms. The van der Waals surface area contributed by atoms with E-state index in [1.807, 2.05) is 0 Å². The largest absolute Gasteiger partial charge is 0.382 e. The molecule has 0 aliphatic carbocycles. The number of nitrogens with zero attached hydrogens (tertiary/aromatic N) is 3. The number of nitriles is 1. The molecule has 0 fully saturated rings. The first-order chi connectivity index (χ1) is 13.5. The van der Waals surface area contributed by atoms with Crippen molar-refractivity contribution in [1.29, 1.82) is 5.26 Å². The Morgan fingerprint density at radius 3 is 2.71 bits per heavy atom. The SMILES string of the molecule is N#Cc1cnc(C(=O)Nc2ccc(F)c(CNc3cccnc3N)c2)c(F)c1. The third-order valence-electron chi connectivity index (χ3n) is 3.80. The monoisotopic (exact) mass is 380 g/mol. The van der Waals surface area contributed by atoms with E-state index in [1.54, 1.807) is 18.2 Å². The van der Waals surface area contributed by atoms with Crippen molar-refractivity contribution in [2.45, 2.75) is 6.54 Å². The topological polar surface area (TPSA) is 117 Å². The summed E-state index contributed by atoms with van der Waals surface area (Å²) in [6.45, 7) is 0.0922. The Morgan fingerprint density at radius 1 is 1.18 bits per heavy atom. The Kier molecular flexibility index (Phi) is 5.41. The van der Waals surface area contributed by atoms with E-state index in [1.165, 1.54) is 24.4 Å². The van der Waals surface area contributed by atoms with Crippen molar-refractivity contribution in [1.82, 2.24) is 9.97 Å². The van der Waals surface area contributed by atoms with E-state index >= 15 is 0 Å². The molecular weight excluding hydrogens is 366 g/mol. The average molecular weight is 380 g/mol. The van der Waals surface area contributed by atoms with E-state index in [4.69, 9.17) is 11.0 Å². The van der Waals surface area contributed by atoms with E-state index in [2.05, 4.69) is 20.6 Å². The number of nitrogen functional groups attached to an aromatic ring is 1. The van der Waals surface area contributed by atoms with Gasteiger partial charge in [0.1, 0.15) is 17.7 Å². The maximum atomic E-state index is 14.1. The fourth-order valence-corrected chi connectivity index (χ4v) is 2.40. The predicted molar refractivity (Wildman–Crippen MR) is 99.2 cm³/mol. The summed E-state index contributed by atoms with van der Waals surface area (Å²) in [6, 6.07) is 9.97. The van der Waals surface area contributed by atoms with Crippen molar-refractivity contribution in [3.8, 4) is 6.07 Å². The van der Waals surface area contributed by atoms with Crippen LogP contribution in [0.25, 0.3) is 0 Å². The number of carbonyl (C=O) groups is 1. The van der Waals surface area contributed by atoms with E-state index < -0.39 is 23.2 Å². The lowest BCUT2D eigenvalue weighted by Crippen LogP contribution is -2.16. The smallest absolute Gasteiger partial charge is 0.277 e. The molecule has 2 heterocycles. The Bertz CT molecular complexity index is 1080. The van der Waals surface area contributed by atoms with Gasteiger partial charge < -0.3 is 16.4 Å². The molecule has 140 valence electrons. The number of carbonyl (C=O) groups excluding carboxylic acids is 1. The summed E-state index contributed by atoms with van der Waals surface area (Å²) in [5, 5.41) is 14.1. The first kappa shape index (κ1) is 18.7. The zero-order valence-corrected chi connectivity index (χ0v) is 14.4. The zero-order valence-electron chi connectivity index (χ0n) is 14.4. The molecule has 28 heavy (non-hydrogen) atoms. The van der Waals surface area contributed by atoms with Gasteiger partial charge in [-0.1, -0.05) is 0 Å². The van der Waals surface area contributed by atoms with E-state index in [0.29, 0.717) is 5.69 Å². The van der Waals surface area contributed by atoms with Crippen LogP contribution in [-0.2, 0) is 6.54 Å². The molecule has 7 nitrogen and oxygen atoms in total. The summed E-state index contributed by atoms with van der Waals surface area (Å²) in [5.74, 6) is -1.96. The number of hydrogen-bond donors (Lipinski definition) is 3. The van der Waals surface area contributed by atoms with Gasteiger partial charge in [0.05, 0.1) is 11.3 Å². The maximum Gasteiger partial charge on any atom is 0.277 e. The molecule has 0 saturated carbocycles. The van der Waals surface area contributed by atoms with Crippen LogP contribution in [-0.4, -0.2) is 15.9 Å². The van der Waals surface area contributed by atoms with E-state index in [-0.39, 0.29) is 29.2 Å². The molecule has 9 heteroatoms. The van der Waals surface area contributed by atoms with E-state index in [0.717, 1.165) is 12.3 Å². The number of hydrogen-bond acceptors (Lipinski definition) is 6. The highest BCUT2D eigenvalue weighted by atomic mass is 19.1. The van der Waals surface area contributed by atoms with Gasteiger partial charge in [0.25, 0.3) is 5.91 Å². The van der Waals surface area contributed by atoms with Crippen LogP contribution in [0.15, 0.2) is 48.8 Å². The normalized spacial score (nSPS) is 10.2. The van der Waals surface area contributed by atoms with Crippen LogP contribution >= 0.6 is 0 Å². The first-order valence-corrected chi connectivity index (χ1v) is 8.07. The molecule has 2 aromatic heterocycles. The summed E-state index contributed by atoms with van der Waals surface area (Å²) in [6.07, 6.45) is 2.63. The van der Waals surface area contributed by atoms with Crippen molar-refractivity contribution in [3.05, 3.63) is 77.2 Å². The van der Waals surface area contributed by atoms with Gasteiger partial charge >= 0.3 is 0 Å². The van der Waals surface area contributed by atoms with Gasteiger partial charge in [-0.2, -0.15) is 5.26 Å². The highest BCUT2D eigenvalue weighted by Gasteiger charge is 2.15. The van der Waals surface area contributed by atoms with Gasteiger partial charge in [0.15, 0.2) is 11.5 Å². The average Bonchev–Trinajstić information content (AvgIpc) is 2.69. The molecule has 3 aromatic rings. The number of halogens is 2. The molecule has 0 aliphatic heterocycles. The maximum absolute atomic E-state index is 14.1. The molecule has 1 amide bonds. The number of rotatable bonds is 5. The second kappa shape index (κ2) is 8.09. The Labute approximate surface area is 158 Å². The van der Waals surface area contributed by atoms with Gasteiger partial charge in [-0.25, -0.2) is 18.7 Å². The van der Waals surface area contributed by atoms with Crippen molar-refractivity contribution in [3.63, 3.8) is 0 Å². The molecular formula is C19H14F2N6O. The molecule has 0 radical (unpaired) electrons. The number of benzene rings is 1. The summed E-state index contributed by atoms with van der Waals surface area (Å²) < 4.78 is 28.0. The van der Waals surface area contributed by atoms with Crippen molar-refractivity contribution < 1.29 is 13.6 Å². The minimum absolute atomic E-state index is 0.00105.